The van der Waals surface area contributed by atoms with E-state index in [9.17, 15) is 0 Å². The molecular formula is C18H15N5O2. The number of aromatic nitrogens is 5. The Hall–Kier alpha value is -3.48. The summed E-state index contributed by atoms with van der Waals surface area (Å²) < 4.78 is 10.2. The van der Waals surface area contributed by atoms with Crippen LogP contribution < -0.4 is 9.47 Å². The zero-order valence-corrected chi connectivity index (χ0v) is 13.7. The minimum Gasteiger partial charge on any atom is -0.481 e. The molecule has 0 aromatic carbocycles. The first kappa shape index (κ1) is 15.1. The van der Waals surface area contributed by atoms with Crippen molar-refractivity contribution < 1.29 is 9.47 Å². The molecule has 0 radical (unpaired) electrons. The van der Waals surface area contributed by atoms with Crippen LogP contribution in [0.15, 0.2) is 49.1 Å². The van der Waals surface area contributed by atoms with E-state index in [0.29, 0.717) is 11.8 Å². The van der Waals surface area contributed by atoms with Gasteiger partial charge in [-0.3, -0.25) is 0 Å². The molecule has 4 aromatic rings. The zero-order valence-electron chi connectivity index (χ0n) is 13.7. The minimum atomic E-state index is 0.563. The van der Waals surface area contributed by atoms with Crippen LogP contribution in [0.3, 0.4) is 0 Å². The summed E-state index contributed by atoms with van der Waals surface area (Å²) in [5, 5.41) is 0.917. The zero-order chi connectivity index (χ0) is 17.2. The normalized spacial score (nSPS) is 10.8. The van der Waals surface area contributed by atoms with Crippen molar-refractivity contribution in [3.63, 3.8) is 0 Å². The van der Waals surface area contributed by atoms with E-state index in [4.69, 9.17) is 9.47 Å². The Bertz CT molecular complexity index is 1010. The monoisotopic (exact) mass is 333 g/mol. The molecule has 124 valence electrons. The quantitative estimate of drug-likeness (QED) is 0.617. The number of H-pyrrole nitrogens is 1. The van der Waals surface area contributed by atoms with Gasteiger partial charge in [0.25, 0.3) is 0 Å². The maximum atomic E-state index is 5.11. The Morgan fingerprint density at radius 3 is 2.08 bits per heavy atom. The maximum absolute atomic E-state index is 5.11. The lowest BCUT2D eigenvalue weighted by molar-refractivity contribution is 0.398. The number of rotatable bonds is 4. The molecule has 0 atom stereocenters. The van der Waals surface area contributed by atoms with Gasteiger partial charge in [0.2, 0.25) is 11.8 Å². The predicted octanol–water partition coefficient (Wildman–Crippen LogP) is 3.10. The van der Waals surface area contributed by atoms with Crippen molar-refractivity contribution in [1.82, 2.24) is 24.9 Å². The van der Waals surface area contributed by atoms with Crippen LogP contribution in [-0.2, 0) is 0 Å². The Morgan fingerprint density at radius 2 is 1.48 bits per heavy atom. The third-order valence-electron chi connectivity index (χ3n) is 3.90. The molecule has 0 unspecified atom stereocenters. The van der Waals surface area contributed by atoms with E-state index in [2.05, 4.69) is 24.9 Å². The number of aromatic amines is 1. The molecule has 4 aromatic heterocycles. The van der Waals surface area contributed by atoms with Gasteiger partial charge in [0, 0.05) is 46.7 Å². The van der Waals surface area contributed by atoms with Gasteiger partial charge in [-0.05, 0) is 18.2 Å². The van der Waals surface area contributed by atoms with E-state index in [1.165, 1.54) is 6.33 Å². The topological polar surface area (TPSA) is 85.8 Å². The largest absolute Gasteiger partial charge is 0.481 e. The molecule has 0 amide bonds. The summed E-state index contributed by atoms with van der Waals surface area (Å²) in [4.78, 5) is 20.5. The van der Waals surface area contributed by atoms with E-state index in [0.717, 1.165) is 33.5 Å². The number of nitrogens with one attached hydrogen (secondary N) is 1. The van der Waals surface area contributed by atoms with Gasteiger partial charge in [0.15, 0.2) is 0 Å². The summed E-state index contributed by atoms with van der Waals surface area (Å²) in [6.07, 6.45) is 5.03. The van der Waals surface area contributed by atoms with E-state index in [1.54, 1.807) is 26.6 Å². The van der Waals surface area contributed by atoms with Gasteiger partial charge in [-0.2, -0.15) is 0 Å². The second kappa shape index (κ2) is 6.20. The molecule has 7 heteroatoms. The summed E-state index contributed by atoms with van der Waals surface area (Å²) in [6, 6.07) is 9.51. The molecule has 0 spiro atoms. The number of nitrogens with zero attached hydrogens (tertiary/aromatic N) is 4. The molecule has 0 aliphatic heterocycles. The lowest BCUT2D eigenvalue weighted by Gasteiger charge is -2.03. The molecule has 0 fully saturated rings. The lowest BCUT2D eigenvalue weighted by Crippen LogP contribution is -1.90. The first-order chi connectivity index (χ1) is 12.3. The second-order valence-corrected chi connectivity index (χ2v) is 5.35. The highest BCUT2D eigenvalue weighted by Crippen LogP contribution is 2.30. The van der Waals surface area contributed by atoms with Gasteiger partial charge < -0.3 is 14.5 Å². The molecule has 7 nitrogen and oxygen atoms in total. The molecule has 0 aliphatic rings. The van der Waals surface area contributed by atoms with Crippen LogP contribution in [0.4, 0.5) is 0 Å². The van der Waals surface area contributed by atoms with Gasteiger partial charge in [-0.1, -0.05) is 0 Å². The Morgan fingerprint density at radius 1 is 0.800 bits per heavy atom. The maximum Gasteiger partial charge on any atom is 0.212 e. The first-order valence-electron chi connectivity index (χ1n) is 7.63. The number of hydrogen-bond donors (Lipinski definition) is 1. The van der Waals surface area contributed by atoms with E-state index in [-0.39, 0.29) is 0 Å². The van der Waals surface area contributed by atoms with Crippen molar-refractivity contribution in [1.29, 1.82) is 0 Å². The fraction of sp³-hybridized carbons (Fsp3) is 0.111. The van der Waals surface area contributed by atoms with Crippen molar-refractivity contribution in [2.45, 2.75) is 0 Å². The van der Waals surface area contributed by atoms with Crippen LogP contribution >= 0.6 is 0 Å². The molecule has 0 aliphatic carbocycles. The summed E-state index contributed by atoms with van der Waals surface area (Å²) >= 11 is 0. The van der Waals surface area contributed by atoms with Gasteiger partial charge in [0.1, 0.15) is 12.0 Å². The van der Waals surface area contributed by atoms with E-state index >= 15 is 0 Å². The highest BCUT2D eigenvalue weighted by Gasteiger charge is 2.12. The van der Waals surface area contributed by atoms with Crippen molar-refractivity contribution in [2.24, 2.45) is 0 Å². The third-order valence-corrected chi connectivity index (χ3v) is 3.90. The van der Waals surface area contributed by atoms with Crippen LogP contribution in [0, 0.1) is 0 Å². The standard InChI is InChI=1S/C18H15N5O2/c1-24-15-5-3-11(8-19-15)14-7-13-17(21-10-22-18(13)23-14)12-4-6-16(25-2)20-9-12/h3-10H,1-2H3,(H,21,22,23). The molecule has 0 saturated carbocycles. The summed E-state index contributed by atoms with van der Waals surface area (Å²) in [5.74, 6) is 1.14. The van der Waals surface area contributed by atoms with Crippen molar-refractivity contribution in [2.75, 3.05) is 14.2 Å². The average Bonchev–Trinajstić information content (AvgIpc) is 3.12. The number of methoxy groups -OCH3 is 2. The summed E-state index contributed by atoms with van der Waals surface area (Å²) in [5.41, 5.74) is 4.31. The summed E-state index contributed by atoms with van der Waals surface area (Å²) in [7, 11) is 3.18. The van der Waals surface area contributed by atoms with Crippen LogP contribution in [0.1, 0.15) is 0 Å². The molecular weight excluding hydrogens is 318 g/mol. The van der Waals surface area contributed by atoms with Crippen molar-refractivity contribution in [3.8, 4) is 34.3 Å². The van der Waals surface area contributed by atoms with Crippen LogP contribution in [-0.4, -0.2) is 39.1 Å². The fourth-order valence-electron chi connectivity index (χ4n) is 2.63. The van der Waals surface area contributed by atoms with Crippen LogP contribution in [0.2, 0.25) is 0 Å². The predicted molar refractivity (Wildman–Crippen MR) is 93.5 cm³/mol. The average molecular weight is 333 g/mol. The lowest BCUT2D eigenvalue weighted by atomic mass is 10.1. The summed E-state index contributed by atoms with van der Waals surface area (Å²) in [6.45, 7) is 0. The van der Waals surface area contributed by atoms with Gasteiger partial charge in [0.05, 0.1) is 19.9 Å². The SMILES string of the molecule is COc1ccc(-c2cc3c(-c4ccc(OC)nc4)ncnc3[nH]2)cn1. The highest BCUT2D eigenvalue weighted by atomic mass is 16.5. The van der Waals surface area contributed by atoms with Gasteiger partial charge in [-0.25, -0.2) is 19.9 Å². The van der Waals surface area contributed by atoms with Gasteiger partial charge >= 0.3 is 0 Å². The van der Waals surface area contributed by atoms with Crippen LogP contribution in [0.5, 0.6) is 11.8 Å². The van der Waals surface area contributed by atoms with Gasteiger partial charge in [-0.15, -0.1) is 0 Å². The Balaban J connectivity index is 1.79. The first-order valence-corrected chi connectivity index (χ1v) is 7.63. The number of hydrogen-bond acceptors (Lipinski definition) is 6. The Labute approximate surface area is 143 Å². The van der Waals surface area contributed by atoms with E-state index in [1.807, 2.05) is 30.3 Å². The molecule has 25 heavy (non-hydrogen) atoms. The number of pyridine rings is 2. The molecule has 0 saturated heterocycles. The third kappa shape index (κ3) is 2.76. The Kier molecular flexibility index (Phi) is 3.74. The molecule has 4 heterocycles. The fourth-order valence-corrected chi connectivity index (χ4v) is 2.63. The molecule has 4 rings (SSSR count). The number of fused-ring (bicyclic) bond motifs is 1. The second-order valence-electron chi connectivity index (χ2n) is 5.35. The minimum absolute atomic E-state index is 0.563. The highest BCUT2D eigenvalue weighted by molar-refractivity contribution is 5.93. The smallest absolute Gasteiger partial charge is 0.212 e. The van der Waals surface area contributed by atoms with E-state index < -0.39 is 0 Å². The van der Waals surface area contributed by atoms with Crippen LogP contribution in [0.25, 0.3) is 33.5 Å². The molecule has 0 bridgehead atoms. The van der Waals surface area contributed by atoms with Crippen molar-refractivity contribution >= 4 is 11.0 Å². The number of ether oxygens (including phenoxy) is 2. The molecule has 1 N–H and O–H groups in total. The van der Waals surface area contributed by atoms with Crippen molar-refractivity contribution in [3.05, 3.63) is 49.1 Å².